The summed E-state index contributed by atoms with van der Waals surface area (Å²) in [6, 6.07) is 22.1. The van der Waals surface area contributed by atoms with Crippen molar-refractivity contribution in [3.05, 3.63) is 77.2 Å². The Morgan fingerprint density at radius 3 is 2.31 bits per heavy atom. The molecule has 0 amide bonds. The van der Waals surface area contributed by atoms with Gasteiger partial charge in [0.05, 0.1) is 10.4 Å². The molecular weight excluding hydrogens is 543 g/mol. The summed E-state index contributed by atoms with van der Waals surface area (Å²) in [5.74, 6) is 0. The minimum Gasteiger partial charge on any atom is -1.00 e. The maximum atomic E-state index is 2.36. The largest absolute Gasteiger partial charge is 1.00 e. The summed E-state index contributed by atoms with van der Waals surface area (Å²) in [5, 5.41) is 3.95. The number of hydrogen-bond donors (Lipinski definition) is 0. The summed E-state index contributed by atoms with van der Waals surface area (Å²) >= 11 is 3.70. The molecular formula is C27H27IN2S2. The zero-order chi connectivity index (χ0) is 21.8. The van der Waals surface area contributed by atoms with Crippen molar-refractivity contribution in [1.29, 1.82) is 0 Å². The third-order valence-electron chi connectivity index (χ3n) is 6.20. The van der Waals surface area contributed by atoms with Gasteiger partial charge >= 0.3 is 0 Å². The van der Waals surface area contributed by atoms with Crippen molar-refractivity contribution in [2.75, 3.05) is 26.0 Å². The van der Waals surface area contributed by atoms with Crippen molar-refractivity contribution in [1.82, 2.24) is 0 Å². The van der Waals surface area contributed by atoms with Gasteiger partial charge in [-0.3, -0.25) is 0 Å². The molecule has 0 spiro atoms. The minimum absolute atomic E-state index is 0. The van der Waals surface area contributed by atoms with Gasteiger partial charge in [-0.25, -0.2) is 0 Å². The van der Waals surface area contributed by atoms with Crippen molar-refractivity contribution >= 4 is 55.9 Å². The second-order valence-electron chi connectivity index (χ2n) is 8.82. The molecule has 164 valence electrons. The van der Waals surface area contributed by atoms with Crippen LogP contribution in [0, 0.1) is 0 Å². The average molecular weight is 571 g/mol. The number of fused-ring (bicyclic) bond motifs is 3. The van der Waals surface area contributed by atoms with E-state index >= 15 is 0 Å². The van der Waals surface area contributed by atoms with E-state index in [4.69, 9.17) is 0 Å². The Balaban J connectivity index is 0.00000245. The molecule has 4 aromatic rings. The molecule has 5 rings (SSSR count). The molecule has 0 atom stereocenters. The van der Waals surface area contributed by atoms with Crippen LogP contribution in [0.15, 0.2) is 66.7 Å². The number of thiophene rings is 2. The van der Waals surface area contributed by atoms with Gasteiger partial charge in [0.1, 0.15) is 7.05 Å². The lowest BCUT2D eigenvalue weighted by molar-refractivity contribution is -0.401. The highest BCUT2D eigenvalue weighted by atomic mass is 127. The number of anilines is 1. The topological polar surface area (TPSA) is 6.25 Å². The predicted octanol–water partition coefficient (Wildman–Crippen LogP) is 4.42. The Labute approximate surface area is 215 Å². The van der Waals surface area contributed by atoms with E-state index in [2.05, 4.69) is 117 Å². The Kier molecular flexibility index (Phi) is 6.36. The van der Waals surface area contributed by atoms with Crippen molar-refractivity contribution in [3.8, 4) is 9.75 Å². The van der Waals surface area contributed by atoms with E-state index in [0.29, 0.717) is 0 Å². The SMILES string of the molecule is CN(C)c1ccc(-c2ccc(/C=C/C3=[N+](C)c4ccc5ccccc5c4C3(C)C)s2)s1.[I-]. The van der Waals surface area contributed by atoms with Gasteiger partial charge < -0.3 is 28.9 Å². The minimum atomic E-state index is -0.0457. The van der Waals surface area contributed by atoms with Crippen LogP contribution in [0.1, 0.15) is 24.3 Å². The maximum absolute atomic E-state index is 2.36. The van der Waals surface area contributed by atoms with Gasteiger partial charge in [0, 0.05) is 46.4 Å². The molecule has 0 unspecified atom stereocenters. The van der Waals surface area contributed by atoms with Crippen molar-refractivity contribution in [2.45, 2.75) is 19.3 Å². The molecule has 1 aliphatic rings. The zero-order valence-electron chi connectivity index (χ0n) is 19.0. The fourth-order valence-electron chi connectivity index (χ4n) is 4.63. The van der Waals surface area contributed by atoms with Gasteiger partial charge in [-0.15, -0.1) is 22.7 Å². The van der Waals surface area contributed by atoms with E-state index in [1.54, 1.807) is 0 Å². The van der Waals surface area contributed by atoms with Gasteiger partial charge in [-0.05, 0) is 61.0 Å². The molecule has 0 radical (unpaired) electrons. The lowest BCUT2D eigenvalue weighted by atomic mass is 9.79. The molecule has 0 fully saturated rings. The summed E-state index contributed by atoms with van der Waals surface area (Å²) in [6.07, 6.45) is 4.58. The lowest BCUT2D eigenvalue weighted by Crippen LogP contribution is -3.00. The Morgan fingerprint density at radius 1 is 0.844 bits per heavy atom. The first kappa shape index (κ1) is 23.2. The van der Waals surface area contributed by atoms with Crippen LogP contribution in [0.5, 0.6) is 0 Å². The molecule has 5 heteroatoms. The number of nitrogens with zero attached hydrogens (tertiary/aromatic N) is 2. The summed E-state index contributed by atoms with van der Waals surface area (Å²) in [5.41, 5.74) is 4.02. The van der Waals surface area contributed by atoms with Crippen LogP contribution in [0.2, 0.25) is 0 Å². The molecule has 3 heterocycles. The summed E-state index contributed by atoms with van der Waals surface area (Å²) in [6.45, 7) is 4.69. The highest BCUT2D eigenvalue weighted by molar-refractivity contribution is 7.24. The molecule has 0 saturated heterocycles. The molecule has 2 aromatic carbocycles. The fourth-order valence-corrected chi connectivity index (χ4v) is 6.56. The van der Waals surface area contributed by atoms with Crippen LogP contribution < -0.4 is 28.9 Å². The monoisotopic (exact) mass is 570 g/mol. The number of benzene rings is 2. The van der Waals surface area contributed by atoms with E-state index in [-0.39, 0.29) is 29.4 Å². The van der Waals surface area contributed by atoms with Crippen LogP contribution in [-0.2, 0) is 5.41 Å². The molecule has 0 saturated carbocycles. The molecule has 32 heavy (non-hydrogen) atoms. The normalized spacial score (nSPS) is 14.8. The number of rotatable bonds is 4. The molecule has 2 nitrogen and oxygen atoms in total. The molecule has 1 aliphatic heterocycles. The van der Waals surface area contributed by atoms with Crippen LogP contribution in [0.3, 0.4) is 0 Å². The molecule has 2 aromatic heterocycles. The van der Waals surface area contributed by atoms with E-state index in [0.717, 1.165) is 0 Å². The number of hydrogen-bond acceptors (Lipinski definition) is 3. The van der Waals surface area contributed by atoms with Crippen molar-refractivity contribution < 1.29 is 28.6 Å². The van der Waals surface area contributed by atoms with Gasteiger partial charge in [0.25, 0.3) is 0 Å². The number of halogens is 1. The smallest absolute Gasteiger partial charge is 0.210 e. The van der Waals surface area contributed by atoms with Gasteiger partial charge in [0.15, 0.2) is 5.71 Å². The standard InChI is InChI=1S/C27H27N2S2.HI/c1-27(2)24(29(5)21-13-10-18-8-6-7-9-20(18)26(21)27)16-12-19-11-14-22(30-19)23-15-17-25(31-23)28(3)4;/h6-17H,1-5H3;1H/q+1;/p-1. The first-order valence-corrected chi connectivity index (χ1v) is 12.2. The second-order valence-corrected chi connectivity index (χ2v) is 11.0. The van der Waals surface area contributed by atoms with E-state index < -0.39 is 0 Å². The number of allylic oxidation sites excluding steroid dienone is 1. The van der Waals surface area contributed by atoms with Gasteiger partial charge in [-0.1, -0.05) is 24.3 Å². The van der Waals surface area contributed by atoms with Crippen LogP contribution in [0.25, 0.3) is 26.6 Å². The maximum Gasteiger partial charge on any atom is 0.210 e. The van der Waals surface area contributed by atoms with Crippen LogP contribution >= 0.6 is 22.7 Å². The van der Waals surface area contributed by atoms with Gasteiger partial charge in [0.2, 0.25) is 5.69 Å². The quantitative estimate of drug-likeness (QED) is 0.260. The average Bonchev–Trinajstić information content (AvgIpc) is 3.45. The molecule has 0 N–H and O–H groups in total. The predicted molar refractivity (Wildman–Crippen MR) is 139 cm³/mol. The van der Waals surface area contributed by atoms with E-state index in [1.807, 2.05) is 22.7 Å². The summed E-state index contributed by atoms with van der Waals surface area (Å²) in [4.78, 5) is 6.11. The van der Waals surface area contributed by atoms with Crippen LogP contribution in [0.4, 0.5) is 10.7 Å². The molecule has 0 bridgehead atoms. The second kappa shape index (κ2) is 8.76. The highest BCUT2D eigenvalue weighted by Crippen LogP contribution is 2.44. The van der Waals surface area contributed by atoms with E-state index in [1.165, 1.54) is 47.4 Å². The van der Waals surface area contributed by atoms with Gasteiger partial charge in [-0.2, -0.15) is 4.58 Å². The fraction of sp³-hybridized carbons (Fsp3) is 0.222. The summed E-state index contributed by atoms with van der Waals surface area (Å²) < 4.78 is 2.36. The summed E-state index contributed by atoms with van der Waals surface area (Å²) in [7, 11) is 6.38. The zero-order valence-corrected chi connectivity index (χ0v) is 22.8. The Morgan fingerprint density at radius 2 is 1.56 bits per heavy atom. The third kappa shape index (κ3) is 3.84. The van der Waals surface area contributed by atoms with Crippen molar-refractivity contribution in [3.63, 3.8) is 0 Å². The first-order chi connectivity index (χ1) is 14.9. The van der Waals surface area contributed by atoms with E-state index in [9.17, 15) is 0 Å². The van der Waals surface area contributed by atoms with Crippen LogP contribution in [-0.4, -0.2) is 31.4 Å². The highest BCUT2D eigenvalue weighted by Gasteiger charge is 2.44. The Hall–Kier alpha value is -1.96. The third-order valence-corrected chi connectivity index (χ3v) is 8.70. The Bertz CT molecular complexity index is 1360. The van der Waals surface area contributed by atoms with Crippen molar-refractivity contribution in [2.24, 2.45) is 0 Å². The molecule has 0 aliphatic carbocycles. The lowest BCUT2D eigenvalue weighted by Gasteiger charge is -2.17. The first-order valence-electron chi connectivity index (χ1n) is 10.5.